The van der Waals surface area contributed by atoms with E-state index in [1.54, 1.807) is 0 Å². The molecular formula is CH3KN2O. The van der Waals surface area contributed by atoms with Gasteiger partial charge < -0.3 is 5.48 Å². The molecule has 0 aliphatic heterocycles. The summed E-state index contributed by atoms with van der Waals surface area (Å²) in [6, 6.07) is 1.25. The van der Waals surface area contributed by atoms with Gasteiger partial charge in [0.15, 0.2) is 0 Å². The number of hydrogen-bond acceptors (Lipinski definition) is 3. The molecule has 24 valence electrons. The summed E-state index contributed by atoms with van der Waals surface area (Å²) >= 11 is 0. The van der Waals surface area contributed by atoms with E-state index in [4.69, 9.17) is 10.8 Å². The molecule has 0 unspecified atom stereocenters. The molecule has 3 nitrogen and oxygen atoms in total. The minimum atomic E-state index is 0. The molecule has 0 bridgehead atoms. The van der Waals surface area contributed by atoms with Crippen LogP contribution < -0.4 is 51.4 Å². The topological polar surface area (TPSA) is 77.7 Å². The van der Waals surface area contributed by atoms with Crippen LogP contribution in [0.5, 0.6) is 0 Å². The minimum Gasteiger partial charge on any atom is -0.870 e. The van der Waals surface area contributed by atoms with Crippen molar-refractivity contribution in [2.75, 3.05) is 0 Å². The molecule has 0 rings (SSSR count). The smallest absolute Gasteiger partial charge is 0.870 e. The molecule has 0 aromatic heterocycles. The first-order chi connectivity index (χ1) is 1.41. The van der Waals surface area contributed by atoms with Gasteiger partial charge in [-0.3, -0.25) is 0 Å². The fraction of sp³-hybridized carbons (Fsp3) is 0. The van der Waals surface area contributed by atoms with Gasteiger partial charge in [0.2, 0.25) is 0 Å². The summed E-state index contributed by atoms with van der Waals surface area (Å²) in [6.07, 6.45) is 0. The van der Waals surface area contributed by atoms with E-state index in [-0.39, 0.29) is 56.9 Å². The third-order valence-electron chi connectivity index (χ3n) is 0. The van der Waals surface area contributed by atoms with Crippen molar-refractivity contribution in [2.24, 2.45) is 0 Å². The summed E-state index contributed by atoms with van der Waals surface area (Å²) in [5.74, 6) is 0. The monoisotopic (exact) mass is 98.0 g/mol. The Kier molecular flexibility index (Phi) is 67.3. The Bertz CT molecular complexity index is 30.6. The van der Waals surface area contributed by atoms with Gasteiger partial charge in [-0.15, -0.1) is 0 Å². The standard InChI is InChI=1S/CH2N2.K.H2O/c2-1-3;;/h2-3H;;1H2/q;+1;/p-1. The Balaban J connectivity index is -0.0000000200. The minimum absolute atomic E-state index is 0. The summed E-state index contributed by atoms with van der Waals surface area (Å²) in [6.45, 7) is 0. The van der Waals surface area contributed by atoms with Gasteiger partial charge >= 0.3 is 51.4 Å². The zero-order valence-corrected chi connectivity index (χ0v) is 6.07. The van der Waals surface area contributed by atoms with Crippen LogP contribution in [0.15, 0.2) is 0 Å². The largest absolute Gasteiger partial charge is 1.00 e. The number of rotatable bonds is 0. The van der Waals surface area contributed by atoms with Gasteiger partial charge in [-0.05, 0) is 0 Å². The zero-order chi connectivity index (χ0) is 2.71. The van der Waals surface area contributed by atoms with Crippen LogP contribution in [0.25, 0.3) is 0 Å². The zero-order valence-electron chi connectivity index (χ0n) is 2.95. The van der Waals surface area contributed by atoms with E-state index in [0.717, 1.165) is 0 Å². The van der Waals surface area contributed by atoms with Crippen molar-refractivity contribution < 1.29 is 56.9 Å². The predicted molar refractivity (Wildman–Crippen MR) is 12.4 cm³/mol. The van der Waals surface area contributed by atoms with Crippen LogP contribution in [-0.2, 0) is 0 Å². The molecule has 0 heterocycles. The summed E-state index contributed by atoms with van der Waals surface area (Å²) in [5.41, 5.74) is 0. The Morgan fingerprint density at radius 2 is 1.20 bits per heavy atom. The molecular weight excluding hydrogens is 95.1 g/mol. The van der Waals surface area contributed by atoms with E-state index in [1.807, 2.05) is 0 Å². The van der Waals surface area contributed by atoms with Crippen LogP contribution in [0.3, 0.4) is 0 Å². The molecule has 0 radical (unpaired) electrons. The second-order valence-electron chi connectivity index (χ2n) is 0.125. The molecule has 0 aromatic rings. The number of nitrogens with one attached hydrogen (secondary N) is 2. The van der Waals surface area contributed by atoms with E-state index in [9.17, 15) is 0 Å². The van der Waals surface area contributed by atoms with Crippen molar-refractivity contribution in [3.63, 3.8) is 0 Å². The molecule has 0 aliphatic carbocycles. The van der Waals surface area contributed by atoms with Crippen molar-refractivity contribution in [1.82, 2.24) is 0 Å². The average molecular weight is 98.1 g/mol. The quantitative estimate of drug-likeness (QED) is 0.248. The Hall–Kier alpha value is 0.976. The van der Waals surface area contributed by atoms with E-state index in [1.165, 1.54) is 6.01 Å². The maximum Gasteiger partial charge on any atom is 1.00 e. The van der Waals surface area contributed by atoms with Crippen LogP contribution in [0.4, 0.5) is 0 Å². The van der Waals surface area contributed by atoms with Crippen LogP contribution in [0, 0.1) is 10.8 Å². The van der Waals surface area contributed by atoms with E-state index < -0.39 is 0 Å². The van der Waals surface area contributed by atoms with Gasteiger partial charge in [0.1, 0.15) is 0 Å². The molecule has 0 fully saturated rings. The van der Waals surface area contributed by atoms with Gasteiger partial charge in [-0.25, -0.2) is 10.8 Å². The van der Waals surface area contributed by atoms with E-state index >= 15 is 0 Å². The molecule has 0 saturated heterocycles. The van der Waals surface area contributed by atoms with Crippen LogP contribution >= 0.6 is 0 Å². The third-order valence-corrected chi connectivity index (χ3v) is 0. The van der Waals surface area contributed by atoms with Crippen LogP contribution in [0.2, 0.25) is 0 Å². The fourth-order valence-electron chi connectivity index (χ4n) is 0. The second kappa shape index (κ2) is 20.1. The van der Waals surface area contributed by atoms with Gasteiger partial charge in [0.05, 0.1) is 6.01 Å². The first kappa shape index (κ1) is 16.7. The van der Waals surface area contributed by atoms with Crippen molar-refractivity contribution in [3.05, 3.63) is 0 Å². The normalized spacial score (nSPS) is 1.60. The van der Waals surface area contributed by atoms with Gasteiger partial charge in [-0.1, -0.05) is 0 Å². The van der Waals surface area contributed by atoms with Crippen LogP contribution in [0.1, 0.15) is 0 Å². The van der Waals surface area contributed by atoms with E-state index in [0.29, 0.717) is 0 Å². The first-order valence-electron chi connectivity index (χ1n) is 0.500. The number of hydrogen-bond donors (Lipinski definition) is 2. The maximum absolute atomic E-state index is 5.62. The molecule has 0 amide bonds. The molecule has 4 heteroatoms. The maximum atomic E-state index is 5.62. The Morgan fingerprint density at radius 3 is 1.20 bits per heavy atom. The van der Waals surface area contributed by atoms with Crippen LogP contribution in [-0.4, -0.2) is 11.5 Å². The third kappa shape index (κ3) is 46.2. The summed E-state index contributed by atoms with van der Waals surface area (Å²) in [4.78, 5) is 0. The van der Waals surface area contributed by atoms with E-state index in [2.05, 4.69) is 0 Å². The first-order valence-corrected chi connectivity index (χ1v) is 0.500. The van der Waals surface area contributed by atoms with Gasteiger partial charge in [0, 0.05) is 0 Å². The van der Waals surface area contributed by atoms with Gasteiger partial charge in [0.25, 0.3) is 0 Å². The summed E-state index contributed by atoms with van der Waals surface area (Å²) in [7, 11) is 0. The Labute approximate surface area is 72.5 Å². The SMILES string of the molecule is N=C=N.[K+].[OH-]. The average Bonchev–Trinajstić information content (AvgIpc) is 0.918. The molecule has 0 aliphatic rings. The molecule has 3 N–H and O–H groups in total. The Morgan fingerprint density at radius 1 is 1.20 bits per heavy atom. The van der Waals surface area contributed by atoms with Crippen molar-refractivity contribution in [3.8, 4) is 0 Å². The molecule has 0 aromatic carbocycles. The second-order valence-corrected chi connectivity index (χ2v) is 0.125. The molecule has 0 saturated carbocycles. The van der Waals surface area contributed by atoms with Crippen molar-refractivity contribution in [1.29, 1.82) is 10.8 Å². The summed E-state index contributed by atoms with van der Waals surface area (Å²) < 4.78 is 0. The van der Waals surface area contributed by atoms with Gasteiger partial charge in [-0.2, -0.15) is 0 Å². The fourth-order valence-corrected chi connectivity index (χ4v) is 0. The van der Waals surface area contributed by atoms with Crippen molar-refractivity contribution in [2.45, 2.75) is 0 Å². The molecule has 0 spiro atoms. The molecule has 5 heavy (non-hydrogen) atoms. The summed E-state index contributed by atoms with van der Waals surface area (Å²) in [5, 5.41) is 11.2. The molecule has 0 atom stereocenters. The van der Waals surface area contributed by atoms with Crippen molar-refractivity contribution >= 4 is 6.01 Å². The predicted octanol–water partition coefficient (Wildman–Crippen LogP) is -2.85.